The molecule has 92 valence electrons. The van der Waals surface area contributed by atoms with Gasteiger partial charge >= 0.3 is 6.18 Å². The van der Waals surface area contributed by atoms with Gasteiger partial charge in [0, 0.05) is 0 Å². The first kappa shape index (κ1) is 12.8. The average Bonchev–Trinajstić information content (AvgIpc) is 2.80. The van der Waals surface area contributed by atoms with Crippen molar-refractivity contribution in [3.63, 3.8) is 0 Å². The molecule has 0 aliphatic heterocycles. The maximum Gasteiger partial charge on any atom is 0.417 e. The monoisotopic (exact) mass is 285 g/mol. The smallest absolute Gasteiger partial charge is 0.417 e. The second-order valence-electron chi connectivity index (χ2n) is 3.32. The summed E-state index contributed by atoms with van der Waals surface area (Å²) in [6.07, 6.45) is -4.62. The number of rotatable bonds is 1. The van der Waals surface area contributed by atoms with Crippen LogP contribution in [-0.4, -0.2) is 4.98 Å². The number of nitrogens with zero attached hydrogens (tertiary/aromatic N) is 2. The quantitative estimate of drug-likeness (QED) is 0.751. The minimum atomic E-state index is -4.62. The molecule has 2 heterocycles. The first-order valence-electron chi connectivity index (χ1n) is 4.66. The van der Waals surface area contributed by atoms with Gasteiger partial charge in [-0.1, -0.05) is 11.1 Å². The molecule has 0 saturated carbocycles. The summed E-state index contributed by atoms with van der Waals surface area (Å²) in [5.74, 6) is 0. The van der Waals surface area contributed by atoms with Crippen molar-refractivity contribution >= 4 is 24.0 Å². The summed E-state index contributed by atoms with van der Waals surface area (Å²) in [5.41, 5.74) is -1.49. The molecule has 2 aromatic heterocycles. The van der Waals surface area contributed by atoms with Crippen LogP contribution in [0.15, 0.2) is 28.6 Å². The van der Waals surface area contributed by atoms with Crippen LogP contribution in [0.1, 0.15) is 11.1 Å². The molecule has 2 nitrogen and oxygen atoms in total. The van der Waals surface area contributed by atoms with E-state index in [4.69, 9.17) is 17.9 Å². The summed E-state index contributed by atoms with van der Waals surface area (Å²) in [4.78, 5) is 4.44. The van der Waals surface area contributed by atoms with Gasteiger partial charge in [-0.3, -0.25) is 4.98 Å². The first-order valence-corrected chi connectivity index (χ1v) is 5.95. The zero-order valence-electron chi connectivity index (χ0n) is 8.65. The largest absolute Gasteiger partial charge is 0.759 e. The highest BCUT2D eigenvalue weighted by Gasteiger charge is 2.34. The molecule has 0 bridgehead atoms. The fourth-order valence-electron chi connectivity index (χ4n) is 1.40. The van der Waals surface area contributed by atoms with Gasteiger partial charge in [0.2, 0.25) is 0 Å². The Kier molecular flexibility index (Phi) is 3.24. The molecular weight excluding hydrogens is 281 g/mol. The Bertz CT molecular complexity index is 612. The van der Waals surface area contributed by atoms with Crippen LogP contribution in [0, 0.1) is 11.3 Å². The Labute approximate surface area is 110 Å². The number of alkyl halides is 3. The summed E-state index contributed by atoms with van der Waals surface area (Å²) in [6, 6.07) is 5.67. The number of nitriles is 1. The summed E-state index contributed by atoms with van der Waals surface area (Å²) < 4.78 is 38.4. The highest BCUT2D eigenvalue weighted by atomic mass is 32.1. The Morgan fingerprint density at radius 2 is 2.11 bits per heavy atom. The van der Waals surface area contributed by atoms with Crippen molar-refractivity contribution in [3.8, 4) is 16.6 Å². The van der Waals surface area contributed by atoms with E-state index in [1.54, 1.807) is 17.5 Å². The van der Waals surface area contributed by atoms with Gasteiger partial charge in [0.15, 0.2) is 0 Å². The molecule has 0 unspecified atom stereocenters. The number of halogens is 3. The van der Waals surface area contributed by atoms with Gasteiger partial charge in [-0.2, -0.15) is 18.4 Å². The van der Waals surface area contributed by atoms with Gasteiger partial charge in [-0.15, -0.1) is 11.3 Å². The van der Waals surface area contributed by atoms with Crippen LogP contribution in [0.25, 0.3) is 10.6 Å². The lowest BCUT2D eigenvalue weighted by atomic mass is 10.1. The number of thiophene rings is 1. The van der Waals surface area contributed by atoms with Crippen molar-refractivity contribution in [2.75, 3.05) is 0 Å². The molecular formula is C11H4F3N2S2-. The van der Waals surface area contributed by atoms with E-state index in [1.807, 2.05) is 0 Å². The van der Waals surface area contributed by atoms with Crippen molar-refractivity contribution in [2.45, 2.75) is 11.2 Å². The molecule has 0 atom stereocenters. The topological polar surface area (TPSA) is 36.7 Å². The number of pyridine rings is 1. The minimum absolute atomic E-state index is 0.140. The van der Waals surface area contributed by atoms with Gasteiger partial charge < -0.3 is 12.6 Å². The van der Waals surface area contributed by atoms with E-state index in [9.17, 15) is 13.2 Å². The van der Waals surface area contributed by atoms with E-state index in [1.165, 1.54) is 17.4 Å². The molecule has 7 heteroatoms. The van der Waals surface area contributed by atoms with Crippen molar-refractivity contribution in [3.05, 3.63) is 34.7 Å². The minimum Gasteiger partial charge on any atom is -0.759 e. The number of hydrogen-bond donors (Lipinski definition) is 0. The summed E-state index contributed by atoms with van der Waals surface area (Å²) in [5, 5.41) is 10.1. The Balaban J connectivity index is 2.69. The summed E-state index contributed by atoms with van der Waals surface area (Å²) in [7, 11) is 0. The highest BCUT2D eigenvalue weighted by Crippen LogP contribution is 2.36. The number of aromatic nitrogens is 1. The zero-order valence-corrected chi connectivity index (χ0v) is 10.3. The van der Waals surface area contributed by atoms with E-state index < -0.39 is 17.3 Å². The van der Waals surface area contributed by atoms with Gasteiger partial charge in [-0.25, -0.2) is 0 Å². The Morgan fingerprint density at radius 1 is 1.39 bits per heavy atom. The molecule has 0 N–H and O–H groups in total. The summed E-state index contributed by atoms with van der Waals surface area (Å²) >= 11 is 6.00. The molecule has 2 rings (SSSR count). The third-order valence-electron chi connectivity index (χ3n) is 2.18. The van der Waals surface area contributed by atoms with E-state index in [0.717, 1.165) is 6.07 Å². The molecule has 0 radical (unpaired) electrons. The van der Waals surface area contributed by atoms with E-state index in [-0.39, 0.29) is 10.7 Å². The molecule has 0 amide bonds. The van der Waals surface area contributed by atoms with Crippen molar-refractivity contribution < 1.29 is 13.2 Å². The summed E-state index contributed by atoms with van der Waals surface area (Å²) in [6.45, 7) is 0. The normalized spacial score (nSPS) is 11.2. The first-order chi connectivity index (χ1) is 8.43. The molecule has 0 aliphatic rings. The van der Waals surface area contributed by atoms with Crippen LogP contribution in [-0.2, 0) is 18.8 Å². The van der Waals surface area contributed by atoms with Crippen LogP contribution in [0.3, 0.4) is 0 Å². The van der Waals surface area contributed by atoms with Crippen molar-refractivity contribution in [1.29, 1.82) is 5.26 Å². The standard InChI is InChI=1S/C11H5F3N2S2/c12-11(13,14)7-4-8(9-2-1-3-18-9)16-10(17)6(7)5-15/h1-4H,(H,16,17)/p-1. The zero-order chi connectivity index (χ0) is 13.3. The molecule has 0 aliphatic carbocycles. The molecule has 2 aromatic rings. The average molecular weight is 285 g/mol. The maximum absolute atomic E-state index is 12.8. The predicted octanol–water partition coefficient (Wildman–Crippen LogP) is 3.61. The molecule has 0 spiro atoms. The van der Waals surface area contributed by atoms with Crippen LogP contribution in [0.2, 0.25) is 0 Å². The van der Waals surface area contributed by atoms with Crippen molar-refractivity contribution in [2.24, 2.45) is 0 Å². The van der Waals surface area contributed by atoms with E-state index >= 15 is 0 Å². The molecule has 0 fully saturated rings. The van der Waals surface area contributed by atoms with Crippen LogP contribution in [0.5, 0.6) is 0 Å². The molecule has 0 saturated heterocycles. The SMILES string of the molecule is N#Cc1c(C(F)(F)F)cc(-c2cccs2)nc1[S-]. The van der Waals surface area contributed by atoms with E-state index in [0.29, 0.717) is 4.88 Å². The lowest BCUT2D eigenvalue weighted by Crippen LogP contribution is -2.10. The third kappa shape index (κ3) is 2.30. The van der Waals surface area contributed by atoms with Crippen molar-refractivity contribution in [1.82, 2.24) is 4.98 Å². The predicted molar refractivity (Wildman–Crippen MR) is 62.9 cm³/mol. The number of hydrogen-bond acceptors (Lipinski definition) is 4. The van der Waals surface area contributed by atoms with Gasteiger partial charge in [0.1, 0.15) is 0 Å². The van der Waals surface area contributed by atoms with Crippen LogP contribution < -0.4 is 0 Å². The van der Waals surface area contributed by atoms with Gasteiger partial charge in [-0.05, 0) is 17.5 Å². The molecule has 18 heavy (non-hydrogen) atoms. The Morgan fingerprint density at radius 3 is 2.61 bits per heavy atom. The fourth-order valence-corrected chi connectivity index (χ4v) is 2.34. The van der Waals surface area contributed by atoms with Crippen LogP contribution in [0.4, 0.5) is 13.2 Å². The van der Waals surface area contributed by atoms with Gasteiger partial charge in [0.05, 0.1) is 27.8 Å². The second-order valence-corrected chi connectivity index (χ2v) is 4.66. The fraction of sp³-hybridized carbons (Fsp3) is 0.0909. The van der Waals surface area contributed by atoms with E-state index in [2.05, 4.69) is 4.98 Å². The van der Waals surface area contributed by atoms with Gasteiger partial charge in [0.25, 0.3) is 0 Å². The lowest BCUT2D eigenvalue weighted by molar-refractivity contribution is -0.138. The highest BCUT2D eigenvalue weighted by molar-refractivity contribution is 7.58. The second kappa shape index (κ2) is 4.55. The van der Waals surface area contributed by atoms with Crippen LogP contribution >= 0.6 is 11.3 Å². The lowest BCUT2D eigenvalue weighted by Gasteiger charge is -2.16. The Hall–Kier alpha value is -1.65. The third-order valence-corrected chi connectivity index (χ3v) is 3.36. The molecule has 0 aromatic carbocycles. The maximum atomic E-state index is 12.8.